The third kappa shape index (κ3) is 10.9. The first kappa shape index (κ1) is 19.0. The van der Waals surface area contributed by atoms with Gasteiger partial charge in [0.2, 0.25) is 0 Å². The van der Waals surface area contributed by atoms with Gasteiger partial charge < -0.3 is 9.47 Å². The lowest BCUT2D eigenvalue weighted by Gasteiger charge is -2.07. The van der Waals surface area contributed by atoms with Gasteiger partial charge in [-0.15, -0.1) is 0 Å². The topological polar surface area (TPSA) is 52.6 Å². The van der Waals surface area contributed by atoms with Crippen LogP contribution in [0.5, 0.6) is 0 Å². The largest absolute Gasteiger partial charge is 0.465 e. The molecule has 0 bridgehead atoms. The van der Waals surface area contributed by atoms with Gasteiger partial charge in [-0.05, 0) is 12.7 Å². The molecule has 0 amide bonds. The van der Waals surface area contributed by atoms with E-state index in [2.05, 4.69) is 13.5 Å². The van der Waals surface area contributed by atoms with E-state index in [-0.39, 0.29) is 12.0 Å². The van der Waals surface area contributed by atoms with Crippen molar-refractivity contribution in [1.29, 1.82) is 0 Å². The van der Waals surface area contributed by atoms with Crippen LogP contribution in [0.25, 0.3) is 0 Å². The Morgan fingerprint density at radius 1 is 1.05 bits per heavy atom. The van der Waals surface area contributed by atoms with Crippen LogP contribution >= 0.6 is 11.8 Å². The predicted octanol–water partition coefficient (Wildman–Crippen LogP) is 3.35. The second-order valence-electron chi connectivity index (χ2n) is 4.54. The molecule has 0 atom stereocenters. The van der Waals surface area contributed by atoms with Gasteiger partial charge in [0.1, 0.15) is 6.61 Å². The van der Waals surface area contributed by atoms with E-state index >= 15 is 0 Å². The maximum absolute atomic E-state index is 11.5. The Morgan fingerprint density at radius 3 is 2.40 bits per heavy atom. The summed E-state index contributed by atoms with van der Waals surface area (Å²) in [5.74, 6) is -0.187. The molecule has 4 nitrogen and oxygen atoms in total. The van der Waals surface area contributed by atoms with Crippen LogP contribution < -0.4 is 0 Å². The normalized spacial score (nSPS) is 10.1. The van der Waals surface area contributed by atoms with Crippen molar-refractivity contribution < 1.29 is 19.1 Å². The number of rotatable bonds is 12. The highest BCUT2D eigenvalue weighted by atomic mass is 32.2. The quantitative estimate of drug-likeness (QED) is 0.314. The van der Waals surface area contributed by atoms with Crippen LogP contribution in [-0.4, -0.2) is 37.2 Å². The standard InChI is InChI=1S/C15H26O4S/c1-4-5-6-7-8-9-18-14(16)12-13(2)15(17)19-10-11-20-3/h2,4-12H2,1,3H3. The molecule has 0 rings (SSSR count). The van der Waals surface area contributed by atoms with Gasteiger partial charge in [0, 0.05) is 11.3 Å². The number of hydrogen-bond acceptors (Lipinski definition) is 5. The smallest absolute Gasteiger partial charge is 0.334 e. The van der Waals surface area contributed by atoms with E-state index < -0.39 is 11.9 Å². The van der Waals surface area contributed by atoms with Crippen LogP contribution in [0, 0.1) is 0 Å². The van der Waals surface area contributed by atoms with E-state index in [9.17, 15) is 9.59 Å². The second-order valence-corrected chi connectivity index (χ2v) is 5.53. The van der Waals surface area contributed by atoms with Crippen LogP contribution in [0.3, 0.4) is 0 Å². The minimum absolute atomic E-state index is 0.0902. The van der Waals surface area contributed by atoms with Gasteiger partial charge in [-0.3, -0.25) is 4.79 Å². The molecular formula is C15H26O4S. The molecule has 0 spiro atoms. The highest BCUT2D eigenvalue weighted by Crippen LogP contribution is 2.06. The van der Waals surface area contributed by atoms with Crippen molar-refractivity contribution in [2.24, 2.45) is 0 Å². The third-order valence-electron chi connectivity index (χ3n) is 2.68. The maximum atomic E-state index is 11.5. The van der Waals surface area contributed by atoms with Gasteiger partial charge in [-0.2, -0.15) is 11.8 Å². The number of carbonyl (C=O) groups is 2. The Bertz CT molecular complexity index is 302. The van der Waals surface area contributed by atoms with Crippen LogP contribution in [0.2, 0.25) is 0 Å². The van der Waals surface area contributed by atoms with Gasteiger partial charge >= 0.3 is 11.9 Å². The van der Waals surface area contributed by atoms with Crippen molar-refractivity contribution >= 4 is 23.7 Å². The first-order valence-electron chi connectivity index (χ1n) is 7.11. The highest BCUT2D eigenvalue weighted by Gasteiger charge is 2.13. The van der Waals surface area contributed by atoms with Gasteiger partial charge in [-0.25, -0.2) is 4.79 Å². The van der Waals surface area contributed by atoms with E-state index in [0.29, 0.717) is 13.2 Å². The molecule has 0 N–H and O–H groups in total. The molecule has 116 valence electrons. The van der Waals surface area contributed by atoms with Crippen molar-refractivity contribution in [2.75, 3.05) is 25.2 Å². The summed E-state index contributed by atoms with van der Waals surface area (Å²) in [6.07, 6.45) is 7.36. The summed E-state index contributed by atoms with van der Waals surface area (Å²) in [4.78, 5) is 22.9. The summed E-state index contributed by atoms with van der Waals surface area (Å²) in [7, 11) is 0. The molecule has 0 saturated carbocycles. The Kier molecular flexibility index (Phi) is 12.4. The Balaban J connectivity index is 3.63. The maximum Gasteiger partial charge on any atom is 0.334 e. The number of unbranched alkanes of at least 4 members (excludes halogenated alkanes) is 4. The molecule has 0 aromatic carbocycles. The molecule has 0 aliphatic rings. The van der Waals surface area contributed by atoms with Crippen LogP contribution in [0.15, 0.2) is 12.2 Å². The van der Waals surface area contributed by atoms with E-state index in [1.807, 2.05) is 6.26 Å². The van der Waals surface area contributed by atoms with E-state index in [1.165, 1.54) is 19.3 Å². The zero-order valence-electron chi connectivity index (χ0n) is 12.6. The summed E-state index contributed by atoms with van der Waals surface area (Å²) < 4.78 is 10.0. The highest BCUT2D eigenvalue weighted by molar-refractivity contribution is 7.98. The Hall–Kier alpha value is -0.970. The Morgan fingerprint density at radius 2 is 1.75 bits per heavy atom. The molecule has 0 saturated heterocycles. The van der Waals surface area contributed by atoms with Crippen molar-refractivity contribution in [1.82, 2.24) is 0 Å². The lowest BCUT2D eigenvalue weighted by atomic mass is 10.2. The fourth-order valence-corrected chi connectivity index (χ4v) is 1.76. The van der Waals surface area contributed by atoms with Gasteiger partial charge in [0.05, 0.1) is 13.0 Å². The third-order valence-corrected chi connectivity index (χ3v) is 3.25. The monoisotopic (exact) mass is 302 g/mol. The Labute approximate surface area is 126 Å². The summed E-state index contributed by atoms with van der Waals surface area (Å²) in [5.41, 5.74) is 0.155. The predicted molar refractivity (Wildman–Crippen MR) is 82.8 cm³/mol. The molecule has 0 heterocycles. The van der Waals surface area contributed by atoms with Crippen molar-refractivity contribution in [2.45, 2.75) is 45.4 Å². The molecule has 0 fully saturated rings. The average molecular weight is 302 g/mol. The van der Waals surface area contributed by atoms with Crippen LogP contribution in [0.1, 0.15) is 45.4 Å². The summed E-state index contributed by atoms with van der Waals surface area (Å²) in [6, 6.07) is 0. The van der Waals surface area contributed by atoms with E-state index in [4.69, 9.17) is 9.47 Å². The number of esters is 2. The molecule has 0 unspecified atom stereocenters. The van der Waals surface area contributed by atoms with Gasteiger partial charge in [0.15, 0.2) is 0 Å². The van der Waals surface area contributed by atoms with Crippen molar-refractivity contribution in [3.8, 4) is 0 Å². The summed E-state index contributed by atoms with van der Waals surface area (Å²) >= 11 is 1.59. The van der Waals surface area contributed by atoms with Crippen LogP contribution in [0.4, 0.5) is 0 Å². The summed E-state index contributed by atoms with van der Waals surface area (Å²) in [5, 5.41) is 0. The SMILES string of the molecule is C=C(CC(=O)OCCCCCCC)C(=O)OCCSC. The number of carbonyl (C=O) groups excluding carboxylic acids is 2. The number of hydrogen-bond donors (Lipinski definition) is 0. The minimum Gasteiger partial charge on any atom is -0.465 e. The molecule has 0 aliphatic carbocycles. The number of ether oxygens (including phenoxy) is 2. The first-order valence-corrected chi connectivity index (χ1v) is 8.50. The molecule has 20 heavy (non-hydrogen) atoms. The van der Waals surface area contributed by atoms with Crippen molar-refractivity contribution in [3.63, 3.8) is 0 Å². The molecular weight excluding hydrogens is 276 g/mol. The molecule has 0 aliphatic heterocycles. The average Bonchev–Trinajstić information content (AvgIpc) is 2.42. The van der Waals surface area contributed by atoms with E-state index in [1.54, 1.807) is 11.8 Å². The van der Waals surface area contributed by atoms with Gasteiger partial charge in [0.25, 0.3) is 0 Å². The molecule has 5 heteroatoms. The second kappa shape index (κ2) is 13.0. The molecule has 0 radical (unpaired) electrons. The fraction of sp³-hybridized carbons (Fsp3) is 0.733. The van der Waals surface area contributed by atoms with Crippen LogP contribution in [-0.2, 0) is 19.1 Å². The lowest BCUT2D eigenvalue weighted by molar-refractivity contribution is -0.146. The number of thioether (sulfide) groups is 1. The fourth-order valence-electron chi connectivity index (χ4n) is 1.51. The molecule has 0 aromatic heterocycles. The first-order chi connectivity index (χ1) is 9.61. The van der Waals surface area contributed by atoms with E-state index in [0.717, 1.165) is 18.6 Å². The molecule has 0 aromatic rings. The zero-order valence-corrected chi connectivity index (χ0v) is 13.4. The van der Waals surface area contributed by atoms with Crippen molar-refractivity contribution in [3.05, 3.63) is 12.2 Å². The van der Waals surface area contributed by atoms with Gasteiger partial charge in [-0.1, -0.05) is 39.2 Å². The lowest BCUT2D eigenvalue weighted by Crippen LogP contribution is -2.14. The minimum atomic E-state index is -0.515. The zero-order chi connectivity index (χ0) is 15.2. The summed E-state index contributed by atoms with van der Waals surface area (Å²) in [6.45, 7) is 6.47.